The van der Waals surface area contributed by atoms with E-state index in [4.69, 9.17) is 5.73 Å². The van der Waals surface area contributed by atoms with E-state index in [0.717, 1.165) is 6.07 Å². The molecule has 96 valence electrons. The summed E-state index contributed by atoms with van der Waals surface area (Å²) in [5.41, 5.74) is 5.36. The predicted octanol–water partition coefficient (Wildman–Crippen LogP) is 2.46. The highest BCUT2D eigenvalue weighted by Gasteiger charge is 2.32. The molecule has 0 radical (unpaired) electrons. The molecule has 0 spiro atoms. The summed E-state index contributed by atoms with van der Waals surface area (Å²) in [4.78, 5) is 0. The van der Waals surface area contributed by atoms with Crippen molar-refractivity contribution in [2.24, 2.45) is 0 Å². The van der Waals surface area contributed by atoms with Crippen molar-refractivity contribution < 1.29 is 22.5 Å². The molecular weight excluding hydrogens is 254 g/mol. The van der Waals surface area contributed by atoms with Crippen molar-refractivity contribution in [3.05, 3.63) is 18.2 Å². The van der Waals surface area contributed by atoms with E-state index in [1.54, 1.807) is 0 Å². The van der Waals surface area contributed by atoms with Crippen LogP contribution >= 0.6 is 7.14 Å². The normalized spacial score (nSPS) is 12.5. The summed E-state index contributed by atoms with van der Waals surface area (Å²) in [7, 11) is -2.61. The van der Waals surface area contributed by atoms with Crippen LogP contribution in [-0.4, -0.2) is 26.1 Å². The topological polar surface area (TPSA) is 52.3 Å². The highest BCUT2D eigenvalue weighted by atomic mass is 31.2. The molecule has 17 heavy (non-hydrogen) atoms. The van der Waals surface area contributed by atoms with Crippen LogP contribution in [0.3, 0.4) is 0 Å². The average Bonchev–Trinajstić information content (AvgIpc) is 2.19. The summed E-state index contributed by atoms with van der Waals surface area (Å²) in [6.45, 7) is 1.01. The predicted molar refractivity (Wildman–Crippen MR) is 61.5 cm³/mol. The van der Waals surface area contributed by atoms with Gasteiger partial charge < -0.3 is 15.0 Å². The Morgan fingerprint density at radius 2 is 2.00 bits per heavy atom. The molecule has 0 amide bonds. The lowest BCUT2D eigenvalue weighted by Gasteiger charge is -2.17. The lowest BCUT2D eigenvalue weighted by Crippen LogP contribution is -2.27. The molecule has 0 saturated carbocycles. The smallest absolute Gasteiger partial charge is 0.427 e. The fourth-order valence-electron chi connectivity index (χ4n) is 1.13. The van der Waals surface area contributed by atoms with E-state index in [2.05, 4.69) is 4.74 Å². The van der Waals surface area contributed by atoms with Gasteiger partial charge in [-0.3, -0.25) is 0 Å². The number of rotatable bonds is 4. The Bertz CT molecular complexity index is 459. The first-order valence-electron chi connectivity index (χ1n) is 4.73. The second-order valence-electron chi connectivity index (χ2n) is 3.95. The van der Waals surface area contributed by atoms with Gasteiger partial charge in [0.05, 0.1) is 5.69 Å². The number of benzene rings is 1. The molecule has 2 N–H and O–H groups in total. The molecule has 0 bridgehead atoms. The molecular formula is C10H13F3NO2P. The van der Waals surface area contributed by atoms with E-state index in [1.165, 1.54) is 25.5 Å². The largest absolute Gasteiger partial charge is 0.428 e. The molecule has 0 aliphatic carbocycles. The fourth-order valence-corrected chi connectivity index (χ4v) is 2.00. The first-order chi connectivity index (χ1) is 7.65. The van der Waals surface area contributed by atoms with E-state index < -0.39 is 19.9 Å². The van der Waals surface area contributed by atoms with Crippen LogP contribution in [0, 0.1) is 0 Å². The Morgan fingerprint density at radius 1 is 1.41 bits per heavy atom. The number of anilines is 1. The summed E-state index contributed by atoms with van der Waals surface area (Å²) < 4.78 is 53.3. The molecule has 1 rings (SSSR count). The Labute approximate surface area is 97.1 Å². The third-order valence-corrected chi connectivity index (χ3v) is 3.56. The number of alkyl halides is 3. The second kappa shape index (κ2) is 4.61. The molecule has 0 heterocycles. The minimum atomic E-state index is -3.93. The number of hydrogen-bond donors (Lipinski definition) is 1. The van der Waals surface area contributed by atoms with Crippen LogP contribution in [-0.2, 0) is 4.57 Å². The number of halogens is 3. The Kier molecular flexibility index (Phi) is 3.77. The first-order valence-corrected chi connectivity index (χ1v) is 7.34. The van der Waals surface area contributed by atoms with Crippen molar-refractivity contribution in [3.63, 3.8) is 0 Å². The molecule has 0 aromatic heterocycles. The second-order valence-corrected chi connectivity index (χ2v) is 7.16. The lowest BCUT2D eigenvalue weighted by molar-refractivity contribution is -0.186. The molecule has 3 nitrogen and oxygen atoms in total. The summed E-state index contributed by atoms with van der Waals surface area (Å²) in [5, 5.41) is 0.344. The van der Waals surface area contributed by atoms with Crippen molar-refractivity contribution >= 4 is 18.1 Å². The van der Waals surface area contributed by atoms with Gasteiger partial charge in [0.25, 0.3) is 0 Å². The third kappa shape index (κ3) is 3.66. The molecule has 0 saturated heterocycles. The zero-order valence-corrected chi connectivity index (χ0v) is 10.3. The molecule has 0 aliphatic heterocycles. The number of ether oxygens (including phenoxy) is 1. The standard InChI is InChI=1S/C10H13F3NO2P/c1-17(2,15)7-3-4-8(14)9(5-7)16-10(12,13)6-11/h3-5H,6,14H2,1-2H3. The maximum atomic E-state index is 12.7. The zero-order chi connectivity index (χ0) is 13.3. The SMILES string of the molecule is CP(C)(=O)c1ccc(N)c(OC(F)(F)CF)c1. The highest BCUT2D eigenvalue weighted by molar-refractivity contribution is 7.70. The van der Waals surface area contributed by atoms with Gasteiger partial charge in [-0.2, -0.15) is 8.78 Å². The van der Waals surface area contributed by atoms with Gasteiger partial charge >= 0.3 is 6.11 Å². The zero-order valence-electron chi connectivity index (χ0n) is 9.41. The van der Waals surface area contributed by atoms with Gasteiger partial charge in [-0.05, 0) is 31.5 Å². The Morgan fingerprint density at radius 3 is 2.47 bits per heavy atom. The van der Waals surface area contributed by atoms with Crippen molar-refractivity contribution in [1.82, 2.24) is 0 Å². The van der Waals surface area contributed by atoms with Gasteiger partial charge in [0.15, 0.2) is 6.67 Å². The van der Waals surface area contributed by atoms with Crippen LogP contribution in [0.25, 0.3) is 0 Å². The van der Waals surface area contributed by atoms with Gasteiger partial charge in [-0.25, -0.2) is 4.39 Å². The minimum Gasteiger partial charge on any atom is -0.428 e. The van der Waals surface area contributed by atoms with Crippen molar-refractivity contribution in [2.75, 3.05) is 25.7 Å². The van der Waals surface area contributed by atoms with Gasteiger partial charge in [-0.1, -0.05) is 0 Å². The highest BCUT2D eigenvalue weighted by Crippen LogP contribution is 2.37. The number of nitrogens with two attached hydrogens (primary N) is 1. The maximum absolute atomic E-state index is 12.7. The van der Waals surface area contributed by atoms with Crippen LogP contribution in [0.4, 0.5) is 18.9 Å². The summed E-state index contributed by atoms with van der Waals surface area (Å²) in [6, 6.07) is 3.93. The summed E-state index contributed by atoms with van der Waals surface area (Å²) >= 11 is 0. The van der Waals surface area contributed by atoms with Gasteiger partial charge in [0, 0.05) is 5.30 Å². The van der Waals surface area contributed by atoms with Gasteiger partial charge in [-0.15, -0.1) is 0 Å². The molecule has 1 aromatic carbocycles. The monoisotopic (exact) mass is 267 g/mol. The summed E-state index contributed by atoms with van der Waals surface area (Å²) in [5.74, 6) is -0.367. The van der Waals surface area contributed by atoms with Crippen molar-refractivity contribution in [3.8, 4) is 5.75 Å². The Balaban J connectivity index is 3.12. The number of nitrogen functional groups attached to an aromatic ring is 1. The fraction of sp³-hybridized carbons (Fsp3) is 0.400. The van der Waals surface area contributed by atoms with E-state index in [9.17, 15) is 17.7 Å². The van der Waals surface area contributed by atoms with Crippen LogP contribution in [0.5, 0.6) is 5.75 Å². The number of hydrogen-bond acceptors (Lipinski definition) is 3. The van der Waals surface area contributed by atoms with Crippen LogP contribution < -0.4 is 15.8 Å². The molecule has 7 heteroatoms. The molecule has 0 aliphatic rings. The van der Waals surface area contributed by atoms with E-state index >= 15 is 0 Å². The minimum absolute atomic E-state index is 0.0599. The van der Waals surface area contributed by atoms with Gasteiger partial charge in [0.2, 0.25) is 0 Å². The van der Waals surface area contributed by atoms with Crippen molar-refractivity contribution in [1.29, 1.82) is 0 Å². The van der Waals surface area contributed by atoms with Crippen LogP contribution in [0.1, 0.15) is 0 Å². The van der Waals surface area contributed by atoms with Crippen LogP contribution in [0.15, 0.2) is 18.2 Å². The molecule has 1 aromatic rings. The lowest BCUT2D eigenvalue weighted by atomic mass is 10.3. The maximum Gasteiger partial charge on any atom is 0.427 e. The Hall–Kier alpha value is -1.16. The molecule has 0 unspecified atom stereocenters. The molecule has 0 atom stereocenters. The first kappa shape index (κ1) is 13.9. The molecule has 0 fully saturated rings. The van der Waals surface area contributed by atoms with Crippen LogP contribution in [0.2, 0.25) is 0 Å². The average molecular weight is 267 g/mol. The van der Waals surface area contributed by atoms with Crippen molar-refractivity contribution in [2.45, 2.75) is 6.11 Å². The third-order valence-electron chi connectivity index (χ3n) is 2.03. The van der Waals surface area contributed by atoms with E-state index in [-0.39, 0.29) is 11.4 Å². The van der Waals surface area contributed by atoms with E-state index in [0.29, 0.717) is 5.30 Å². The van der Waals surface area contributed by atoms with E-state index in [1.807, 2.05) is 0 Å². The summed E-state index contributed by atoms with van der Waals surface area (Å²) in [6.07, 6.45) is -3.93. The quantitative estimate of drug-likeness (QED) is 0.673. The van der Waals surface area contributed by atoms with Gasteiger partial charge in [0.1, 0.15) is 12.9 Å².